The molecule has 1 fully saturated rings. The van der Waals surface area contributed by atoms with Gasteiger partial charge in [-0.15, -0.1) is 0 Å². The van der Waals surface area contributed by atoms with Gasteiger partial charge in [0.15, 0.2) is 0 Å². The number of carbonyl (C=O) groups excluding carboxylic acids is 1. The zero-order valence-corrected chi connectivity index (χ0v) is 16.4. The molecule has 1 saturated heterocycles. The predicted octanol–water partition coefficient (Wildman–Crippen LogP) is 3.42. The van der Waals surface area contributed by atoms with Crippen LogP contribution in [0.2, 0.25) is 0 Å². The molecule has 1 aliphatic rings. The van der Waals surface area contributed by atoms with Crippen molar-refractivity contribution in [2.24, 2.45) is 0 Å². The first kappa shape index (κ1) is 21.0. The van der Waals surface area contributed by atoms with Gasteiger partial charge in [-0.1, -0.05) is 13.0 Å². The van der Waals surface area contributed by atoms with Crippen LogP contribution in [0.4, 0.5) is 24.7 Å². The average molecular weight is 407 g/mol. The predicted molar refractivity (Wildman–Crippen MR) is 105 cm³/mol. The highest BCUT2D eigenvalue weighted by Crippen LogP contribution is 2.30. The van der Waals surface area contributed by atoms with Crippen molar-refractivity contribution in [3.05, 3.63) is 48.4 Å². The third-order valence-corrected chi connectivity index (χ3v) is 5.44. The Kier molecular flexibility index (Phi) is 6.07. The summed E-state index contributed by atoms with van der Waals surface area (Å²) in [6.07, 6.45) is -1.24. The van der Waals surface area contributed by atoms with Crippen LogP contribution in [0.25, 0.3) is 0 Å². The molecule has 1 aliphatic heterocycles. The van der Waals surface area contributed by atoms with E-state index in [9.17, 15) is 18.0 Å². The van der Waals surface area contributed by atoms with E-state index in [2.05, 4.69) is 25.1 Å². The van der Waals surface area contributed by atoms with Crippen LogP contribution in [0.1, 0.15) is 26.0 Å². The Morgan fingerprint density at radius 3 is 2.41 bits per heavy atom. The van der Waals surface area contributed by atoms with Crippen molar-refractivity contribution in [1.82, 2.24) is 14.9 Å². The van der Waals surface area contributed by atoms with E-state index in [1.807, 2.05) is 32.0 Å². The molecule has 6 nitrogen and oxygen atoms in total. The van der Waals surface area contributed by atoms with E-state index in [1.165, 1.54) is 6.07 Å². The molecule has 0 radical (unpaired) electrons. The number of anilines is 2. The number of carbonyl (C=O) groups is 1. The first-order chi connectivity index (χ1) is 13.7. The average Bonchev–Trinajstić information content (AvgIpc) is 2.73. The number of alkyl halides is 3. The van der Waals surface area contributed by atoms with Crippen LogP contribution in [0.3, 0.4) is 0 Å². The van der Waals surface area contributed by atoms with Crippen molar-refractivity contribution in [2.45, 2.75) is 32.0 Å². The molecule has 0 saturated carbocycles. The monoisotopic (exact) mass is 407 g/mol. The van der Waals surface area contributed by atoms with Crippen LogP contribution in [0.15, 0.2) is 42.7 Å². The lowest BCUT2D eigenvalue weighted by atomic mass is 9.93. The first-order valence-corrected chi connectivity index (χ1v) is 9.50. The Bertz CT molecular complexity index is 838. The maximum absolute atomic E-state index is 13.0. The van der Waals surface area contributed by atoms with Gasteiger partial charge < -0.3 is 10.2 Å². The lowest BCUT2D eigenvalue weighted by Gasteiger charge is -2.44. The molecule has 1 amide bonds. The Hall–Kier alpha value is -2.68. The lowest BCUT2D eigenvalue weighted by Crippen LogP contribution is -2.60. The largest absolute Gasteiger partial charge is 0.433 e. The molecule has 3 heterocycles. The summed E-state index contributed by atoms with van der Waals surface area (Å²) in [5.41, 5.74) is -1.78. The van der Waals surface area contributed by atoms with Gasteiger partial charge in [0, 0.05) is 44.3 Å². The fourth-order valence-corrected chi connectivity index (χ4v) is 3.43. The highest BCUT2D eigenvalue weighted by atomic mass is 19.4. The van der Waals surface area contributed by atoms with E-state index in [0.29, 0.717) is 32.6 Å². The van der Waals surface area contributed by atoms with Gasteiger partial charge in [-0.25, -0.2) is 4.98 Å². The van der Waals surface area contributed by atoms with E-state index in [-0.39, 0.29) is 11.6 Å². The van der Waals surface area contributed by atoms with Crippen LogP contribution >= 0.6 is 0 Å². The highest BCUT2D eigenvalue weighted by Gasteiger charge is 2.40. The SMILES string of the molecule is CCC(C)(C(=O)Nc1ccnc(C(F)(F)F)c1)N1CCN(c2ccccn2)CC1. The maximum Gasteiger partial charge on any atom is 0.433 e. The number of hydrogen-bond donors (Lipinski definition) is 1. The van der Waals surface area contributed by atoms with Crippen LogP contribution < -0.4 is 10.2 Å². The van der Waals surface area contributed by atoms with Crippen LogP contribution in [-0.2, 0) is 11.0 Å². The molecule has 1 unspecified atom stereocenters. The summed E-state index contributed by atoms with van der Waals surface area (Å²) in [6.45, 7) is 6.46. The summed E-state index contributed by atoms with van der Waals surface area (Å²) in [7, 11) is 0. The van der Waals surface area contributed by atoms with Crippen molar-refractivity contribution in [2.75, 3.05) is 36.4 Å². The van der Waals surface area contributed by atoms with Gasteiger partial charge in [-0.3, -0.25) is 14.7 Å². The normalized spacial score (nSPS) is 17.6. The minimum atomic E-state index is -4.56. The molecule has 3 rings (SSSR count). The summed E-state index contributed by atoms with van der Waals surface area (Å²) >= 11 is 0. The Morgan fingerprint density at radius 1 is 1.10 bits per heavy atom. The lowest BCUT2D eigenvalue weighted by molar-refractivity contribution is -0.141. The second-order valence-corrected chi connectivity index (χ2v) is 7.17. The molecule has 1 N–H and O–H groups in total. The molecular weight excluding hydrogens is 383 g/mol. The summed E-state index contributed by atoms with van der Waals surface area (Å²) in [5.74, 6) is 0.567. The van der Waals surface area contributed by atoms with Gasteiger partial charge >= 0.3 is 6.18 Å². The highest BCUT2D eigenvalue weighted by molar-refractivity contribution is 5.97. The molecule has 156 valence electrons. The van der Waals surface area contributed by atoms with Gasteiger partial charge in [0.2, 0.25) is 5.91 Å². The molecular formula is C20H24F3N5O. The summed E-state index contributed by atoms with van der Waals surface area (Å²) in [6, 6.07) is 7.96. The van der Waals surface area contributed by atoms with E-state index in [1.54, 1.807) is 6.20 Å². The number of nitrogens with one attached hydrogen (secondary N) is 1. The summed E-state index contributed by atoms with van der Waals surface area (Å²) in [4.78, 5) is 24.9. The van der Waals surface area contributed by atoms with Crippen LogP contribution in [0.5, 0.6) is 0 Å². The van der Waals surface area contributed by atoms with Crippen LogP contribution in [0, 0.1) is 0 Å². The first-order valence-electron chi connectivity index (χ1n) is 9.50. The zero-order chi connectivity index (χ0) is 21.1. The molecule has 2 aromatic heterocycles. The van der Waals surface area contributed by atoms with Gasteiger partial charge in [-0.2, -0.15) is 13.2 Å². The summed E-state index contributed by atoms with van der Waals surface area (Å²) in [5, 5.41) is 2.64. The number of pyridine rings is 2. The fourth-order valence-electron chi connectivity index (χ4n) is 3.43. The van der Waals surface area contributed by atoms with Crippen molar-refractivity contribution in [3.8, 4) is 0 Å². The van der Waals surface area contributed by atoms with Crippen molar-refractivity contribution in [3.63, 3.8) is 0 Å². The molecule has 1 atom stereocenters. The Balaban J connectivity index is 1.69. The van der Waals surface area contributed by atoms with E-state index in [0.717, 1.165) is 18.1 Å². The topological polar surface area (TPSA) is 61.4 Å². The van der Waals surface area contributed by atoms with Crippen molar-refractivity contribution < 1.29 is 18.0 Å². The third-order valence-electron chi connectivity index (χ3n) is 5.44. The van der Waals surface area contributed by atoms with Crippen molar-refractivity contribution >= 4 is 17.4 Å². The van der Waals surface area contributed by atoms with Gasteiger partial charge in [0.1, 0.15) is 11.5 Å². The quantitative estimate of drug-likeness (QED) is 0.823. The maximum atomic E-state index is 13.0. The fraction of sp³-hybridized carbons (Fsp3) is 0.450. The number of aromatic nitrogens is 2. The standard InChI is InChI=1S/C20H24F3N5O/c1-3-19(2,18(29)26-15-7-9-24-16(14-15)20(21,22)23)28-12-10-27(11-13-28)17-6-4-5-8-25-17/h4-9,14H,3,10-13H2,1-2H3,(H,24,26,29). The van der Waals surface area contributed by atoms with Gasteiger partial charge in [-0.05, 0) is 37.6 Å². The van der Waals surface area contributed by atoms with Gasteiger partial charge in [0.25, 0.3) is 0 Å². The Morgan fingerprint density at radius 2 is 1.83 bits per heavy atom. The number of hydrogen-bond acceptors (Lipinski definition) is 5. The minimum Gasteiger partial charge on any atom is -0.354 e. The second kappa shape index (κ2) is 8.36. The molecule has 2 aromatic rings. The number of rotatable bonds is 5. The minimum absolute atomic E-state index is 0.0871. The van der Waals surface area contributed by atoms with E-state index >= 15 is 0 Å². The zero-order valence-electron chi connectivity index (χ0n) is 16.4. The smallest absolute Gasteiger partial charge is 0.354 e. The van der Waals surface area contributed by atoms with Gasteiger partial charge in [0.05, 0.1) is 5.54 Å². The molecule has 29 heavy (non-hydrogen) atoms. The Labute approximate surface area is 167 Å². The number of amides is 1. The van der Waals surface area contributed by atoms with Crippen molar-refractivity contribution in [1.29, 1.82) is 0 Å². The molecule has 0 aromatic carbocycles. The number of piperazine rings is 1. The van der Waals surface area contributed by atoms with Crippen LogP contribution in [-0.4, -0.2) is 52.5 Å². The molecule has 0 spiro atoms. The molecule has 0 aliphatic carbocycles. The molecule has 9 heteroatoms. The van der Waals surface area contributed by atoms with E-state index < -0.39 is 17.4 Å². The molecule has 0 bridgehead atoms. The van der Waals surface area contributed by atoms with E-state index in [4.69, 9.17) is 0 Å². The second-order valence-electron chi connectivity index (χ2n) is 7.17. The summed E-state index contributed by atoms with van der Waals surface area (Å²) < 4.78 is 38.6. The number of halogens is 3. The third kappa shape index (κ3) is 4.67. The number of nitrogens with zero attached hydrogens (tertiary/aromatic N) is 4.